The molecule has 1 aliphatic rings. The van der Waals surface area contributed by atoms with Crippen molar-refractivity contribution in [2.24, 2.45) is 0 Å². The van der Waals surface area contributed by atoms with Crippen LogP contribution in [0, 0.1) is 0 Å². The lowest BCUT2D eigenvalue weighted by Crippen LogP contribution is -2.40. The average molecular weight is 301 g/mol. The average Bonchev–Trinajstić information content (AvgIpc) is 2.45. The molecule has 1 aromatic rings. The van der Waals surface area contributed by atoms with Crippen molar-refractivity contribution in [2.45, 2.75) is 38.0 Å². The van der Waals surface area contributed by atoms with E-state index in [0.29, 0.717) is 37.1 Å². The van der Waals surface area contributed by atoms with Crippen LogP contribution < -0.4 is 0 Å². The number of piperidine rings is 1. The number of nitrogens with zero attached hydrogens (tertiary/aromatic N) is 1. The molecule has 0 aromatic heterocycles. The standard InChI is InChI=1S/C15H18F3NO2/c16-15(17,18)8-5-11-1-3-12(4-2-11)14(21)19-9-6-13(20)7-10-19/h1-4,13,20H,5-10H2. The van der Waals surface area contributed by atoms with E-state index in [0.717, 1.165) is 0 Å². The number of benzene rings is 1. The Morgan fingerprint density at radius 3 is 2.29 bits per heavy atom. The molecule has 1 aromatic carbocycles. The number of aliphatic hydroxyl groups excluding tert-OH is 1. The molecule has 1 aliphatic heterocycles. The molecule has 21 heavy (non-hydrogen) atoms. The normalized spacial score (nSPS) is 17.0. The molecule has 1 saturated heterocycles. The second-order valence-corrected chi connectivity index (χ2v) is 5.34. The number of carbonyl (C=O) groups excluding carboxylic acids is 1. The van der Waals surface area contributed by atoms with Gasteiger partial charge in [0.2, 0.25) is 0 Å². The Hall–Kier alpha value is -1.56. The molecule has 0 unspecified atom stereocenters. The predicted octanol–water partition coefficient (Wildman–Crippen LogP) is 2.78. The minimum atomic E-state index is -4.16. The van der Waals surface area contributed by atoms with Crippen molar-refractivity contribution in [1.82, 2.24) is 4.90 Å². The van der Waals surface area contributed by atoms with Crippen LogP contribution in [0.25, 0.3) is 0 Å². The molecule has 3 nitrogen and oxygen atoms in total. The summed E-state index contributed by atoms with van der Waals surface area (Å²) in [5, 5.41) is 9.41. The van der Waals surface area contributed by atoms with Gasteiger partial charge < -0.3 is 10.0 Å². The number of likely N-dealkylation sites (tertiary alicyclic amines) is 1. The minimum absolute atomic E-state index is 0.0755. The summed E-state index contributed by atoms with van der Waals surface area (Å²) in [6, 6.07) is 6.27. The monoisotopic (exact) mass is 301 g/mol. The first-order valence-electron chi connectivity index (χ1n) is 6.98. The number of hydrogen-bond acceptors (Lipinski definition) is 2. The highest BCUT2D eigenvalue weighted by molar-refractivity contribution is 5.94. The van der Waals surface area contributed by atoms with Gasteiger partial charge in [-0.05, 0) is 37.0 Å². The molecule has 6 heteroatoms. The van der Waals surface area contributed by atoms with Gasteiger partial charge in [-0.2, -0.15) is 13.2 Å². The zero-order valence-corrected chi connectivity index (χ0v) is 11.6. The third-order valence-corrected chi connectivity index (χ3v) is 3.65. The van der Waals surface area contributed by atoms with Crippen molar-refractivity contribution in [3.63, 3.8) is 0 Å². The number of carbonyl (C=O) groups is 1. The first-order chi connectivity index (χ1) is 9.85. The van der Waals surface area contributed by atoms with Crippen LogP contribution in [0.15, 0.2) is 24.3 Å². The molecule has 1 heterocycles. The molecule has 116 valence electrons. The molecule has 0 saturated carbocycles. The molecule has 0 radical (unpaired) electrons. The van der Waals surface area contributed by atoms with Gasteiger partial charge in [-0.3, -0.25) is 4.79 Å². The van der Waals surface area contributed by atoms with Crippen LogP contribution in [-0.4, -0.2) is 41.3 Å². The van der Waals surface area contributed by atoms with Crippen LogP contribution in [0.1, 0.15) is 35.2 Å². The van der Waals surface area contributed by atoms with Gasteiger partial charge in [-0.1, -0.05) is 12.1 Å². The van der Waals surface area contributed by atoms with Crippen LogP contribution >= 0.6 is 0 Å². The van der Waals surface area contributed by atoms with E-state index in [4.69, 9.17) is 0 Å². The Bertz CT molecular complexity index is 477. The Kier molecular flexibility index (Phi) is 4.88. The van der Waals surface area contributed by atoms with E-state index in [1.165, 1.54) is 0 Å². The lowest BCUT2D eigenvalue weighted by molar-refractivity contribution is -0.134. The van der Waals surface area contributed by atoms with E-state index in [2.05, 4.69) is 0 Å². The summed E-state index contributed by atoms with van der Waals surface area (Å²) in [5.41, 5.74) is 1.04. The van der Waals surface area contributed by atoms with Gasteiger partial charge in [-0.25, -0.2) is 0 Å². The Labute approximate surface area is 121 Å². The highest BCUT2D eigenvalue weighted by Crippen LogP contribution is 2.22. The zero-order chi connectivity index (χ0) is 15.5. The summed E-state index contributed by atoms with van der Waals surface area (Å²) in [4.78, 5) is 13.9. The van der Waals surface area contributed by atoms with Crippen molar-refractivity contribution in [3.05, 3.63) is 35.4 Å². The van der Waals surface area contributed by atoms with Gasteiger partial charge >= 0.3 is 6.18 Å². The van der Waals surface area contributed by atoms with Crippen LogP contribution in [-0.2, 0) is 6.42 Å². The third-order valence-electron chi connectivity index (χ3n) is 3.65. The maximum absolute atomic E-state index is 12.2. The number of aryl methyl sites for hydroxylation is 1. The van der Waals surface area contributed by atoms with Gasteiger partial charge in [0.25, 0.3) is 5.91 Å². The Morgan fingerprint density at radius 1 is 1.19 bits per heavy atom. The van der Waals surface area contributed by atoms with Crippen LogP contribution in [0.2, 0.25) is 0 Å². The van der Waals surface area contributed by atoms with Crippen LogP contribution in [0.4, 0.5) is 13.2 Å². The molecule has 0 atom stereocenters. The number of halogens is 3. The minimum Gasteiger partial charge on any atom is -0.393 e. The quantitative estimate of drug-likeness (QED) is 0.932. The highest BCUT2D eigenvalue weighted by Gasteiger charge is 2.26. The SMILES string of the molecule is O=C(c1ccc(CCC(F)(F)F)cc1)N1CCC(O)CC1. The van der Waals surface area contributed by atoms with Gasteiger partial charge in [0.1, 0.15) is 0 Å². The number of alkyl halides is 3. The fraction of sp³-hybridized carbons (Fsp3) is 0.533. The van der Waals surface area contributed by atoms with Gasteiger partial charge in [0.05, 0.1) is 6.10 Å². The van der Waals surface area contributed by atoms with Crippen molar-refractivity contribution in [1.29, 1.82) is 0 Å². The van der Waals surface area contributed by atoms with Gasteiger partial charge in [-0.15, -0.1) is 0 Å². The third kappa shape index (κ3) is 4.74. The van der Waals surface area contributed by atoms with Crippen molar-refractivity contribution in [3.8, 4) is 0 Å². The van der Waals surface area contributed by atoms with Crippen molar-refractivity contribution >= 4 is 5.91 Å². The van der Waals surface area contributed by atoms with Crippen molar-refractivity contribution in [2.75, 3.05) is 13.1 Å². The molecule has 1 N–H and O–H groups in total. The molecular weight excluding hydrogens is 283 g/mol. The fourth-order valence-electron chi connectivity index (χ4n) is 2.35. The molecule has 0 aliphatic carbocycles. The topological polar surface area (TPSA) is 40.5 Å². The van der Waals surface area contributed by atoms with Gasteiger partial charge in [0.15, 0.2) is 0 Å². The summed E-state index contributed by atoms with van der Waals surface area (Å²) in [6.45, 7) is 1.02. The number of amides is 1. The predicted molar refractivity (Wildman–Crippen MR) is 72.0 cm³/mol. The summed E-state index contributed by atoms with van der Waals surface area (Å²) in [7, 11) is 0. The van der Waals surface area contributed by atoms with E-state index in [1.54, 1.807) is 29.2 Å². The van der Waals surface area contributed by atoms with E-state index in [1.807, 2.05) is 0 Å². The fourth-order valence-corrected chi connectivity index (χ4v) is 2.35. The number of aliphatic hydroxyl groups is 1. The molecule has 2 rings (SSSR count). The van der Waals surface area contributed by atoms with E-state index < -0.39 is 12.6 Å². The van der Waals surface area contributed by atoms with Crippen LogP contribution in [0.3, 0.4) is 0 Å². The second-order valence-electron chi connectivity index (χ2n) is 5.34. The molecular formula is C15H18F3NO2. The van der Waals surface area contributed by atoms with Gasteiger partial charge in [0, 0.05) is 25.1 Å². The second kappa shape index (κ2) is 6.47. The van der Waals surface area contributed by atoms with E-state index >= 15 is 0 Å². The first-order valence-corrected chi connectivity index (χ1v) is 6.98. The van der Waals surface area contributed by atoms with Crippen LogP contribution in [0.5, 0.6) is 0 Å². The zero-order valence-electron chi connectivity index (χ0n) is 11.6. The van der Waals surface area contributed by atoms with E-state index in [9.17, 15) is 23.1 Å². The Morgan fingerprint density at radius 2 is 1.76 bits per heavy atom. The molecule has 0 bridgehead atoms. The number of hydrogen-bond donors (Lipinski definition) is 1. The maximum atomic E-state index is 12.2. The lowest BCUT2D eigenvalue weighted by Gasteiger charge is -2.29. The Balaban J connectivity index is 1.93. The van der Waals surface area contributed by atoms with E-state index in [-0.39, 0.29) is 18.4 Å². The molecule has 1 fully saturated rings. The first kappa shape index (κ1) is 15.8. The lowest BCUT2D eigenvalue weighted by atomic mass is 10.0. The smallest absolute Gasteiger partial charge is 0.389 e. The highest BCUT2D eigenvalue weighted by atomic mass is 19.4. The molecule has 0 spiro atoms. The summed E-state index contributed by atoms with van der Waals surface area (Å²) in [6.07, 6.45) is -4.31. The summed E-state index contributed by atoms with van der Waals surface area (Å²) in [5.74, 6) is -0.135. The number of rotatable bonds is 3. The van der Waals surface area contributed by atoms with Crippen molar-refractivity contribution < 1.29 is 23.1 Å². The largest absolute Gasteiger partial charge is 0.393 e. The summed E-state index contributed by atoms with van der Waals surface area (Å²) < 4.78 is 36.4. The maximum Gasteiger partial charge on any atom is 0.389 e. The molecule has 1 amide bonds. The summed E-state index contributed by atoms with van der Waals surface area (Å²) >= 11 is 0.